The van der Waals surface area contributed by atoms with Crippen LogP contribution in [-0.4, -0.2) is 33.1 Å². The molecule has 2 amide bonds. The molecule has 0 unspecified atom stereocenters. The van der Waals surface area contributed by atoms with Crippen LogP contribution in [0.2, 0.25) is 0 Å². The quantitative estimate of drug-likeness (QED) is 0.811. The van der Waals surface area contributed by atoms with Crippen LogP contribution in [0.1, 0.15) is 22.3 Å². The van der Waals surface area contributed by atoms with E-state index in [9.17, 15) is 9.59 Å². The minimum Gasteiger partial charge on any atom is -0.493 e. The summed E-state index contributed by atoms with van der Waals surface area (Å²) in [4.78, 5) is 24.1. The monoisotopic (exact) mass is 342 g/mol. The Labute approximate surface area is 147 Å². The molecule has 2 rings (SSSR count). The first kappa shape index (κ1) is 18.3. The summed E-state index contributed by atoms with van der Waals surface area (Å²) in [6.07, 6.45) is 0.839. The molecule has 6 nitrogen and oxygen atoms in total. The number of para-hydroxylation sites is 1. The molecule has 2 aromatic carbocycles. The summed E-state index contributed by atoms with van der Waals surface area (Å²) < 4.78 is 10.5. The van der Waals surface area contributed by atoms with Gasteiger partial charge in [-0.3, -0.25) is 9.59 Å². The lowest BCUT2D eigenvalue weighted by atomic mass is 10.1. The van der Waals surface area contributed by atoms with E-state index in [4.69, 9.17) is 9.47 Å². The predicted octanol–water partition coefficient (Wildman–Crippen LogP) is 2.63. The molecule has 0 radical (unpaired) electrons. The van der Waals surface area contributed by atoms with Gasteiger partial charge in [-0.25, -0.2) is 0 Å². The fourth-order valence-electron chi connectivity index (χ4n) is 2.43. The highest BCUT2D eigenvalue weighted by Gasteiger charge is 2.12. The van der Waals surface area contributed by atoms with E-state index in [2.05, 4.69) is 10.6 Å². The number of carbonyl (C=O) groups excluding carboxylic acids is 2. The fourth-order valence-corrected chi connectivity index (χ4v) is 2.43. The second-order valence-corrected chi connectivity index (χ2v) is 5.36. The number of nitrogens with one attached hydrogen (secondary N) is 2. The summed E-state index contributed by atoms with van der Waals surface area (Å²) in [5.74, 6) is 0.877. The number of ether oxygens (including phenoxy) is 2. The zero-order valence-electron chi connectivity index (χ0n) is 14.6. The third kappa shape index (κ3) is 4.73. The van der Waals surface area contributed by atoms with Gasteiger partial charge in [0.1, 0.15) is 0 Å². The number of rotatable bonds is 7. The van der Waals surface area contributed by atoms with Crippen LogP contribution in [0.5, 0.6) is 11.5 Å². The molecule has 0 aliphatic carbocycles. The van der Waals surface area contributed by atoms with Crippen molar-refractivity contribution in [2.75, 3.05) is 26.6 Å². The molecular formula is C19H22N2O4. The zero-order chi connectivity index (χ0) is 18.2. The highest BCUT2D eigenvalue weighted by molar-refractivity contribution is 6.03. The van der Waals surface area contributed by atoms with Crippen molar-refractivity contribution in [3.05, 3.63) is 53.6 Å². The molecule has 0 saturated carbocycles. The van der Waals surface area contributed by atoms with Gasteiger partial charge in [0.2, 0.25) is 5.91 Å². The van der Waals surface area contributed by atoms with Gasteiger partial charge >= 0.3 is 0 Å². The third-order valence-electron chi connectivity index (χ3n) is 3.76. The molecule has 0 heterocycles. The van der Waals surface area contributed by atoms with Crippen LogP contribution in [0.3, 0.4) is 0 Å². The molecule has 0 saturated heterocycles. The number of anilines is 1. The van der Waals surface area contributed by atoms with Crippen molar-refractivity contribution in [2.45, 2.75) is 12.8 Å². The highest BCUT2D eigenvalue weighted by atomic mass is 16.5. The molecule has 25 heavy (non-hydrogen) atoms. The Morgan fingerprint density at radius 1 is 1.00 bits per heavy atom. The average molecular weight is 342 g/mol. The number of hydrogen-bond acceptors (Lipinski definition) is 4. The molecule has 0 spiro atoms. The fraction of sp³-hybridized carbons (Fsp3) is 0.263. The van der Waals surface area contributed by atoms with Crippen LogP contribution >= 0.6 is 0 Å². The molecule has 0 atom stereocenters. The number of benzene rings is 2. The summed E-state index contributed by atoms with van der Waals surface area (Å²) in [5.41, 5.74) is 1.90. The topological polar surface area (TPSA) is 76.7 Å². The third-order valence-corrected chi connectivity index (χ3v) is 3.76. The van der Waals surface area contributed by atoms with Crippen molar-refractivity contribution in [1.29, 1.82) is 0 Å². The van der Waals surface area contributed by atoms with Crippen LogP contribution in [0.15, 0.2) is 42.5 Å². The molecule has 2 N–H and O–H groups in total. The maximum atomic E-state index is 12.2. The van der Waals surface area contributed by atoms with E-state index in [1.807, 2.05) is 18.2 Å². The first-order valence-electron chi connectivity index (χ1n) is 7.91. The van der Waals surface area contributed by atoms with E-state index in [0.29, 0.717) is 29.2 Å². The van der Waals surface area contributed by atoms with E-state index in [1.165, 1.54) is 0 Å². The van der Waals surface area contributed by atoms with E-state index in [-0.39, 0.29) is 18.2 Å². The first-order chi connectivity index (χ1) is 12.1. The number of methoxy groups -OCH3 is 2. The van der Waals surface area contributed by atoms with Gasteiger partial charge < -0.3 is 20.1 Å². The van der Waals surface area contributed by atoms with Crippen molar-refractivity contribution in [1.82, 2.24) is 5.32 Å². The molecule has 0 aliphatic rings. The molecule has 6 heteroatoms. The van der Waals surface area contributed by atoms with Gasteiger partial charge in [-0.15, -0.1) is 0 Å². The van der Waals surface area contributed by atoms with Gasteiger partial charge in [-0.2, -0.15) is 0 Å². The molecule has 0 aromatic heterocycles. The number of amides is 2. The summed E-state index contributed by atoms with van der Waals surface area (Å²) in [6.45, 7) is 0. The number of carbonyl (C=O) groups is 2. The van der Waals surface area contributed by atoms with Crippen LogP contribution < -0.4 is 20.1 Å². The molecule has 132 valence electrons. The van der Waals surface area contributed by atoms with E-state index in [0.717, 1.165) is 5.56 Å². The second-order valence-electron chi connectivity index (χ2n) is 5.36. The van der Waals surface area contributed by atoms with Gasteiger partial charge in [-0.05, 0) is 36.2 Å². The molecule has 2 aromatic rings. The van der Waals surface area contributed by atoms with E-state index >= 15 is 0 Å². The lowest BCUT2D eigenvalue weighted by molar-refractivity contribution is -0.116. The van der Waals surface area contributed by atoms with Crippen molar-refractivity contribution >= 4 is 17.5 Å². The minimum atomic E-state index is -0.240. The van der Waals surface area contributed by atoms with Gasteiger partial charge in [0.15, 0.2) is 11.5 Å². The van der Waals surface area contributed by atoms with Gasteiger partial charge in [0.05, 0.1) is 25.5 Å². The van der Waals surface area contributed by atoms with Gasteiger partial charge in [-0.1, -0.05) is 18.2 Å². The second kappa shape index (κ2) is 8.73. The van der Waals surface area contributed by atoms with Crippen LogP contribution in [0.4, 0.5) is 5.69 Å². The normalized spacial score (nSPS) is 10.0. The van der Waals surface area contributed by atoms with Crippen molar-refractivity contribution in [3.63, 3.8) is 0 Å². The Morgan fingerprint density at radius 2 is 1.72 bits per heavy atom. The molecular weight excluding hydrogens is 320 g/mol. The standard InChI is InChI=1S/C19H22N2O4/c1-20-19(23)14-6-4-5-7-15(14)21-18(22)11-9-13-8-10-16(24-2)17(12-13)25-3/h4-8,10,12H,9,11H2,1-3H3,(H,20,23)(H,21,22). The van der Waals surface area contributed by atoms with Crippen LogP contribution in [0.25, 0.3) is 0 Å². The molecule has 0 aliphatic heterocycles. The van der Waals surface area contributed by atoms with Crippen molar-refractivity contribution in [3.8, 4) is 11.5 Å². The van der Waals surface area contributed by atoms with E-state index in [1.54, 1.807) is 45.5 Å². The Morgan fingerprint density at radius 3 is 2.40 bits per heavy atom. The zero-order valence-corrected chi connectivity index (χ0v) is 14.6. The maximum Gasteiger partial charge on any atom is 0.253 e. The SMILES string of the molecule is CNC(=O)c1ccccc1NC(=O)CCc1ccc(OC)c(OC)c1. The highest BCUT2D eigenvalue weighted by Crippen LogP contribution is 2.28. The molecule has 0 bridgehead atoms. The van der Waals surface area contributed by atoms with Crippen molar-refractivity contribution in [2.24, 2.45) is 0 Å². The van der Waals surface area contributed by atoms with Gasteiger partial charge in [0, 0.05) is 13.5 Å². The molecule has 0 fully saturated rings. The smallest absolute Gasteiger partial charge is 0.253 e. The maximum absolute atomic E-state index is 12.2. The Bertz CT molecular complexity index is 759. The van der Waals surface area contributed by atoms with Gasteiger partial charge in [0.25, 0.3) is 5.91 Å². The van der Waals surface area contributed by atoms with E-state index < -0.39 is 0 Å². The minimum absolute atomic E-state index is 0.161. The predicted molar refractivity (Wildman–Crippen MR) is 96.3 cm³/mol. The summed E-state index contributed by atoms with van der Waals surface area (Å²) in [5, 5.41) is 5.35. The first-order valence-corrected chi connectivity index (χ1v) is 7.91. The Kier molecular flexibility index (Phi) is 6.39. The van der Waals surface area contributed by atoms with Crippen LogP contribution in [0, 0.1) is 0 Å². The lowest BCUT2D eigenvalue weighted by Crippen LogP contribution is -2.21. The largest absolute Gasteiger partial charge is 0.493 e. The number of hydrogen-bond donors (Lipinski definition) is 2. The Balaban J connectivity index is 2.01. The van der Waals surface area contributed by atoms with Crippen LogP contribution in [-0.2, 0) is 11.2 Å². The lowest BCUT2D eigenvalue weighted by Gasteiger charge is -2.11. The summed E-state index contributed by atoms with van der Waals surface area (Å²) in [6, 6.07) is 12.5. The summed E-state index contributed by atoms with van der Waals surface area (Å²) >= 11 is 0. The summed E-state index contributed by atoms with van der Waals surface area (Å²) in [7, 11) is 4.71. The Hall–Kier alpha value is -3.02. The average Bonchev–Trinajstić information content (AvgIpc) is 2.65. The van der Waals surface area contributed by atoms with Crippen molar-refractivity contribution < 1.29 is 19.1 Å². The number of aryl methyl sites for hydroxylation is 1.